The fourth-order valence-electron chi connectivity index (χ4n) is 4.71. The van der Waals surface area contributed by atoms with Crippen LogP contribution in [0.1, 0.15) is 27.8 Å². The third-order valence-electron chi connectivity index (χ3n) is 6.44. The Morgan fingerprint density at radius 3 is 2.24 bits per heavy atom. The molecule has 6 heteroatoms. The monoisotopic (exact) mass is 459 g/mol. The van der Waals surface area contributed by atoms with Gasteiger partial charge in [0.15, 0.2) is 0 Å². The number of nitrogens with zero attached hydrogens (tertiary/aromatic N) is 1. The topological polar surface area (TPSA) is 77.8 Å². The van der Waals surface area contributed by atoms with Gasteiger partial charge in [-0.15, -0.1) is 0 Å². The minimum atomic E-state index is -3.68. The second-order valence-corrected chi connectivity index (χ2v) is 10.4. The molecule has 168 valence electrons. The number of rotatable bonds is 5. The quantitative estimate of drug-likeness (QED) is 0.461. The molecule has 5 nitrogen and oxygen atoms in total. The van der Waals surface area contributed by atoms with Crippen molar-refractivity contribution in [2.75, 3.05) is 0 Å². The summed E-state index contributed by atoms with van der Waals surface area (Å²) in [7, 11) is -3.68. The van der Waals surface area contributed by atoms with Crippen LogP contribution in [0.2, 0.25) is 0 Å². The normalized spacial score (nSPS) is 14.0. The molecular weight excluding hydrogens is 434 g/mol. The first-order valence-corrected chi connectivity index (χ1v) is 12.3. The van der Waals surface area contributed by atoms with Gasteiger partial charge >= 0.3 is 0 Å². The highest BCUT2D eigenvalue weighted by Gasteiger charge is 2.33. The Hall–Kier alpha value is -3.03. The summed E-state index contributed by atoms with van der Waals surface area (Å²) < 4.78 is 28.4. The van der Waals surface area contributed by atoms with Gasteiger partial charge < -0.3 is 10.2 Å². The van der Waals surface area contributed by atoms with Crippen LogP contribution in [0.5, 0.6) is 0 Å². The van der Waals surface area contributed by atoms with Crippen molar-refractivity contribution in [1.29, 1.82) is 0 Å². The molecule has 1 aliphatic heterocycles. The molecule has 0 radical (unpaired) electrons. The molecule has 4 aromatic rings. The van der Waals surface area contributed by atoms with Gasteiger partial charge in [-0.05, 0) is 69.3 Å². The summed E-state index contributed by atoms with van der Waals surface area (Å²) in [5.74, 6) is 0. The molecule has 33 heavy (non-hydrogen) atoms. The van der Waals surface area contributed by atoms with Crippen molar-refractivity contribution in [2.24, 2.45) is 0 Å². The first-order chi connectivity index (χ1) is 15.9. The maximum Gasteiger partial charge on any atom is 0.243 e. The number of benzene rings is 4. The Morgan fingerprint density at radius 2 is 1.52 bits per heavy atom. The van der Waals surface area contributed by atoms with Crippen molar-refractivity contribution in [3.8, 4) is 11.1 Å². The predicted molar refractivity (Wildman–Crippen MR) is 129 cm³/mol. The number of aryl methyl sites for hydroxylation is 1. The van der Waals surface area contributed by atoms with Gasteiger partial charge in [0.1, 0.15) is 0 Å². The molecule has 1 heterocycles. The third kappa shape index (κ3) is 3.65. The Bertz CT molecular complexity index is 1460. The standard InChI is InChI=1S/C27H25NO4S/c1-18-9-11-22(12-10-18)33(31,32)28-14-21-13-25-20(17-30)6-4-8-24(25)27(26(21)15-28)23-7-3-2-5-19(23)16-29/h2-13,29-30H,14-17H2,1H3. The van der Waals surface area contributed by atoms with E-state index in [0.29, 0.717) is 0 Å². The van der Waals surface area contributed by atoms with E-state index in [1.54, 1.807) is 24.3 Å². The zero-order valence-corrected chi connectivity index (χ0v) is 19.1. The van der Waals surface area contributed by atoms with Gasteiger partial charge in [-0.1, -0.05) is 60.2 Å². The first kappa shape index (κ1) is 21.8. The summed E-state index contributed by atoms with van der Waals surface area (Å²) in [4.78, 5) is 0.277. The average molecular weight is 460 g/mol. The molecular formula is C27H25NO4S. The first-order valence-electron chi connectivity index (χ1n) is 10.9. The van der Waals surface area contributed by atoms with Crippen molar-refractivity contribution < 1.29 is 18.6 Å². The lowest BCUT2D eigenvalue weighted by Crippen LogP contribution is -2.25. The number of sulfonamides is 1. The third-order valence-corrected chi connectivity index (χ3v) is 8.25. The fraction of sp³-hybridized carbons (Fsp3) is 0.185. The summed E-state index contributed by atoms with van der Waals surface area (Å²) >= 11 is 0. The molecule has 0 saturated heterocycles. The highest BCUT2D eigenvalue weighted by atomic mass is 32.2. The van der Waals surface area contributed by atoms with Crippen molar-refractivity contribution in [1.82, 2.24) is 4.31 Å². The van der Waals surface area contributed by atoms with Gasteiger partial charge in [-0.2, -0.15) is 4.31 Å². The lowest BCUT2D eigenvalue weighted by Gasteiger charge is -2.18. The molecule has 0 unspecified atom stereocenters. The molecule has 0 saturated carbocycles. The van der Waals surface area contributed by atoms with Gasteiger partial charge in [0.05, 0.1) is 18.1 Å². The van der Waals surface area contributed by atoms with Crippen LogP contribution in [0.15, 0.2) is 77.7 Å². The molecule has 0 fully saturated rings. The largest absolute Gasteiger partial charge is 0.392 e. The maximum atomic E-state index is 13.4. The summed E-state index contributed by atoms with van der Waals surface area (Å²) in [5, 5.41) is 21.8. The molecule has 0 aromatic heterocycles. The fourth-order valence-corrected chi connectivity index (χ4v) is 6.09. The second-order valence-electron chi connectivity index (χ2n) is 8.46. The lowest BCUT2D eigenvalue weighted by atomic mass is 9.87. The number of hydrogen-bond acceptors (Lipinski definition) is 4. The van der Waals surface area contributed by atoms with Gasteiger partial charge in [0, 0.05) is 13.1 Å². The van der Waals surface area contributed by atoms with Crippen molar-refractivity contribution in [2.45, 2.75) is 38.1 Å². The minimum Gasteiger partial charge on any atom is -0.392 e. The SMILES string of the molecule is Cc1ccc(S(=O)(=O)N2Cc3cc4c(CO)cccc4c(-c4ccccc4CO)c3C2)cc1. The maximum absolute atomic E-state index is 13.4. The smallest absolute Gasteiger partial charge is 0.243 e. The van der Waals surface area contributed by atoms with Crippen LogP contribution in [0, 0.1) is 6.92 Å². The van der Waals surface area contributed by atoms with Crippen molar-refractivity contribution >= 4 is 20.8 Å². The van der Waals surface area contributed by atoms with Crippen molar-refractivity contribution in [3.05, 3.63) is 101 Å². The summed E-state index contributed by atoms with van der Waals surface area (Å²) in [5.41, 5.74) is 6.23. The van der Waals surface area contributed by atoms with E-state index >= 15 is 0 Å². The molecule has 4 aromatic carbocycles. The molecule has 2 N–H and O–H groups in total. The zero-order chi connectivity index (χ0) is 23.2. The molecule has 0 bridgehead atoms. The second kappa shape index (κ2) is 8.39. The molecule has 0 atom stereocenters. The Kier molecular flexibility index (Phi) is 5.54. The Balaban J connectivity index is 1.72. The number of fused-ring (bicyclic) bond motifs is 2. The number of hydrogen-bond donors (Lipinski definition) is 2. The Labute approximate surface area is 193 Å². The van der Waals surface area contributed by atoms with Gasteiger partial charge in [-0.3, -0.25) is 0 Å². The van der Waals surface area contributed by atoms with E-state index < -0.39 is 10.0 Å². The van der Waals surface area contributed by atoms with Crippen LogP contribution in [-0.4, -0.2) is 22.9 Å². The number of aliphatic hydroxyl groups is 2. The number of aliphatic hydroxyl groups excluding tert-OH is 2. The van der Waals surface area contributed by atoms with Crippen LogP contribution < -0.4 is 0 Å². The average Bonchev–Trinajstić information content (AvgIpc) is 3.27. The van der Waals surface area contributed by atoms with E-state index in [2.05, 4.69) is 0 Å². The molecule has 1 aliphatic rings. The van der Waals surface area contributed by atoms with Crippen LogP contribution in [0.25, 0.3) is 21.9 Å². The van der Waals surface area contributed by atoms with Crippen LogP contribution in [-0.2, 0) is 36.3 Å². The zero-order valence-electron chi connectivity index (χ0n) is 18.3. The van der Waals surface area contributed by atoms with E-state index in [4.69, 9.17) is 0 Å². The molecule has 0 spiro atoms. The summed E-state index contributed by atoms with van der Waals surface area (Å²) in [6.45, 7) is 2.21. The Morgan fingerprint density at radius 1 is 0.818 bits per heavy atom. The van der Waals surface area contributed by atoms with E-state index in [0.717, 1.165) is 49.7 Å². The molecule has 5 rings (SSSR count). The van der Waals surface area contributed by atoms with E-state index in [-0.39, 0.29) is 31.2 Å². The molecule has 0 amide bonds. The van der Waals surface area contributed by atoms with Crippen LogP contribution in [0.3, 0.4) is 0 Å². The highest BCUT2D eigenvalue weighted by Crippen LogP contribution is 2.42. The van der Waals surface area contributed by atoms with Gasteiger partial charge in [0.2, 0.25) is 10.0 Å². The highest BCUT2D eigenvalue weighted by molar-refractivity contribution is 7.89. The van der Waals surface area contributed by atoms with Crippen LogP contribution in [0.4, 0.5) is 0 Å². The van der Waals surface area contributed by atoms with E-state index in [1.807, 2.05) is 55.5 Å². The van der Waals surface area contributed by atoms with E-state index in [1.165, 1.54) is 4.31 Å². The minimum absolute atomic E-state index is 0.109. The van der Waals surface area contributed by atoms with Crippen molar-refractivity contribution in [3.63, 3.8) is 0 Å². The van der Waals surface area contributed by atoms with Gasteiger partial charge in [-0.25, -0.2) is 8.42 Å². The summed E-state index contributed by atoms with van der Waals surface area (Å²) in [6.07, 6.45) is 0. The lowest BCUT2D eigenvalue weighted by molar-refractivity contribution is 0.282. The van der Waals surface area contributed by atoms with Crippen LogP contribution >= 0.6 is 0 Å². The van der Waals surface area contributed by atoms with Gasteiger partial charge in [0.25, 0.3) is 0 Å². The van der Waals surface area contributed by atoms with E-state index in [9.17, 15) is 18.6 Å². The summed E-state index contributed by atoms with van der Waals surface area (Å²) in [6, 6.07) is 22.3. The molecule has 0 aliphatic carbocycles. The predicted octanol–water partition coefficient (Wildman–Crippen LogP) is 4.50.